The number of allylic oxidation sites excluding steroid dienone is 4. The fourth-order valence-corrected chi connectivity index (χ4v) is 2.36. The van der Waals surface area contributed by atoms with E-state index in [1.165, 1.54) is 13.0 Å². The predicted octanol–water partition coefficient (Wildman–Crippen LogP) is 3.87. The van der Waals surface area contributed by atoms with E-state index in [4.69, 9.17) is 5.73 Å². The highest BCUT2D eigenvalue weighted by atomic mass is 19.4. The molecule has 122 valence electrons. The summed E-state index contributed by atoms with van der Waals surface area (Å²) in [4.78, 5) is 8.48. The van der Waals surface area contributed by atoms with Crippen molar-refractivity contribution in [3.8, 4) is 0 Å². The predicted molar refractivity (Wildman–Crippen MR) is 85.7 cm³/mol. The number of hydrogen-bond donors (Lipinski definition) is 2. The molecule has 3 N–H and O–H groups in total. The molecule has 0 fully saturated rings. The Morgan fingerprint density at radius 2 is 2.04 bits per heavy atom. The molecule has 0 saturated heterocycles. The van der Waals surface area contributed by atoms with Gasteiger partial charge in [0, 0.05) is 17.2 Å². The normalized spacial score (nSPS) is 13.5. The average molecular weight is 322 g/mol. The molecule has 4 nitrogen and oxygen atoms in total. The highest BCUT2D eigenvalue weighted by molar-refractivity contribution is 5.92. The zero-order valence-electron chi connectivity index (χ0n) is 12.8. The van der Waals surface area contributed by atoms with Gasteiger partial charge in [-0.25, -0.2) is 4.98 Å². The van der Waals surface area contributed by atoms with Crippen molar-refractivity contribution in [1.29, 1.82) is 0 Å². The smallest absolute Gasteiger partial charge is 0.356 e. The van der Waals surface area contributed by atoms with E-state index in [0.29, 0.717) is 16.7 Å². The molecular formula is C16H17F3N4. The monoisotopic (exact) mass is 322 g/mol. The molecule has 0 bridgehead atoms. The van der Waals surface area contributed by atoms with Crippen LogP contribution in [0.4, 0.5) is 19.0 Å². The van der Waals surface area contributed by atoms with Gasteiger partial charge in [-0.3, -0.25) is 4.98 Å². The van der Waals surface area contributed by atoms with E-state index in [1.54, 1.807) is 31.3 Å². The van der Waals surface area contributed by atoms with Gasteiger partial charge in [0.1, 0.15) is 5.52 Å². The zero-order valence-corrected chi connectivity index (χ0v) is 12.8. The second-order valence-corrected chi connectivity index (χ2v) is 4.71. The van der Waals surface area contributed by atoms with Crippen molar-refractivity contribution in [2.45, 2.75) is 20.0 Å². The highest BCUT2D eigenvalue weighted by Gasteiger charge is 2.36. The quantitative estimate of drug-likeness (QED) is 0.662. The van der Waals surface area contributed by atoms with E-state index in [2.05, 4.69) is 15.3 Å². The van der Waals surface area contributed by atoms with Crippen LogP contribution < -0.4 is 11.1 Å². The Morgan fingerprint density at radius 3 is 2.61 bits per heavy atom. The maximum absolute atomic E-state index is 13.2. The Balaban J connectivity index is 2.67. The number of aromatic nitrogens is 2. The molecule has 23 heavy (non-hydrogen) atoms. The van der Waals surface area contributed by atoms with Crippen LogP contribution in [-0.4, -0.2) is 22.8 Å². The summed E-state index contributed by atoms with van der Waals surface area (Å²) >= 11 is 0. The summed E-state index contributed by atoms with van der Waals surface area (Å²) in [5, 5.41) is 3.53. The Bertz CT molecular complexity index is 763. The maximum atomic E-state index is 13.2. The molecule has 0 aliphatic rings. The molecular weight excluding hydrogens is 305 g/mol. The van der Waals surface area contributed by atoms with Crippen LogP contribution in [0.2, 0.25) is 0 Å². The van der Waals surface area contributed by atoms with Crippen molar-refractivity contribution in [1.82, 2.24) is 9.97 Å². The minimum Gasteiger partial charge on any atom is -0.356 e. The van der Waals surface area contributed by atoms with E-state index in [9.17, 15) is 13.2 Å². The molecule has 2 aromatic heterocycles. The van der Waals surface area contributed by atoms with Gasteiger partial charge >= 0.3 is 6.18 Å². The molecule has 2 aromatic rings. The Labute approximate surface area is 131 Å². The number of fused-ring (bicyclic) bond motifs is 1. The van der Waals surface area contributed by atoms with Crippen molar-refractivity contribution >= 4 is 22.3 Å². The van der Waals surface area contributed by atoms with Gasteiger partial charge in [0.05, 0.1) is 17.9 Å². The van der Waals surface area contributed by atoms with Crippen LogP contribution in [0.15, 0.2) is 42.1 Å². The lowest BCUT2D eigenvalue weighted by Crippen LogP contribution is -2.16. The molecule has 0 unspecified atom stereocenters. The van der Waals surface area contributed by atoms with E-state index in [1.807, 2.05) is 0 Å². The van der Waals surface area contributed by atoms with Crippen molar-refractivity contribution in [2.24, 2.45) is 5.73 Å². The van der Waals surface area contributed by atoms with Gasteiger partial charge in [0.15, 0.2) is 5.82 Å². The average Bonchev–Trinajstić information content (AvgIpc) is 2.51. The van der Waals surface area contributed by atoms with Gasteiger partial charge in [-0.05, 0) is 26.0 Å². The molecule has 0 amide bonds. The van der Waals surface area contributed by atoms with Crippen molar-refractivity contribution in [3.05, 3.63) is 47.8 Å². The molecule has 0 aliphatic carbocycles. The standard InChI is InChI=1S/C16H17F3N4/c1-3-11(12(4-2)16(17,18)19)13-8-10-6-5-7-21-14(10)15(23-13)22-9-20/h3-8H,9,20H2,1-2H3,(H,22,23)/b11-3+,12-4+. The van der Waals surface area contributed by atoms with Gasteiger partial charge in [-0.15, -0.1) is 0 Å². The number of alkyl halides is 3. The maximum Gasteiger partial charge on any atom is 0.416 e. The molecule has 7 heteroatoms. The van der Waals surface area contributed by atoms with Crippen molar-refractivity contribution < 1.29 is 13.2 Å². The number of halogens is 3. The number of nitrogens with one attached hydrogen (secondary N) is 1. The minimum absolute atomic E-state index is 0.0193. The first kappa shape index (κ1) is 17.0. The first-order chi connectivity index (χ1) is 10.9. The fraction of sp³-hybridized carbons (Fsp3) is 0.250. The van der Waals surface area contributed by atoms with E-state index >= 15 is 0 Å². The number of rotatable bonds is 4. The topological polar surface area (TPSA) is 63.8 Å². The summed E-state index contributed by atoms with van der Waals surface area (Å²) in [7, 11) is 0. The third kappa shape index (κ3) is 3.50. The second kappa shape index (κ2) is 6.78. The SMILES string of the molecule is C/C=C(\C(=C/C)C(F)(F)F)c1cc2cccnc2c(NCN)n1. The van der Waals surface area contributed by atoms with Crippen LogP contribution in [-0.2, 0) is 0 Å². The van der Waals surface area contributed by atoms with E-state index in [-0.39, 0.29) is 17.9 Å². The van der Waals surface area contributed by atoms with E-state index in [0.717, 1.165) is 6.08 Å². The Morgan fingerprint density at radius 1 is 1.30 bits per heavy atom. The summed E-state index contributed by atoms with van der Waals surface area (Å²) in [6.07, 6.45) is -0.418. The van der Waals surface area contributed by atoms with Crippen LogP contribution in [0.25, 0.3) is 16.5 Å². The number of pyridine rings is 2. The Kier molecular flexibility index (Phi) is 5.00. The fourth-order valence-electron chi connectivity index (χ4n) is 2.36. The summed E-state index contributed by atoms with van der Waals surface area (Å²) in [5.74, 6) is 0.359. The highest BCUT2D eigenvalue weighted by Crippen LogP contribution is 2.37. The molecule has 0 aromatic carbocycles. The van der Waals surface area contributed by atoms with Crippen molar-refractivity contribution in [2.75, 3.05) is 12.0 Å². The largest absolute Gasteiger partial charge is 0.416 e. The van der Waals surface area contributed by atoms with Gasteiger partial charge < -0.3 is 11.1 Å². The first-order valence-corrected chi connectivity index (χ1v) is 7.02. The third-order valence-electron chi connectivity index (χ3n) is 3.31. The van der Waals surface area contributed by atoms with Crippen LogP contribution >= 0.6 is 0 Å². The van der Waals surface area contributed by atoms with Gasteiger partial charge in [-0.1, -0.05) is 18.2 Å². The van der Waals surface area contributed by atoms with Crippen molar-refractivity contribution in [3.63, 3.8) is 0 Å². The molecule has 2 heterocycles. The van der Waals surface area contributed by atoms with Crippen LogP contribution in [0, 0.1) is 0 Å². The summed E-state index contributed by atoms with van der Waals surface area (Å²) < 4.78 is 39.7. The number of hydrogen-bond acceptors (Lipinski definition) is 4. The van der Waals surface area contributed by atoms with E-state index < -0.39 is 11.7 Å². The number of nitrogens with zero attached hydrogens (tertiary/aromatic N) is 2. The zero-order chi connectivity index (χ0) is 17.0. The molecule has 0 atom stereocenters. The third-order valence-corrected chi connectivity index (χ3v) is 3.31. The number of anilines is 1. The summed E-state index contributed by atoms with van der Waals surface area (Å²) in [5.41, 5.74) is 5.55. The van der Waals surface area contributed by atoms with Crippen LogP contribution in [0.3, 0.4) is 0 Å². The molecule has 0 spiro atoms. The molecule has 2 rings (SSSR count). The summed E-state index contributed by atoms with van der Waals surface area (Å²) in [6.45, 7) is 3.01. The lowest BCUT2D eigenvalue weighted by atomic mass is 10.00. The molecule has 0 aliphatic heterocycles. The number of nitrogens with two attached hydrogens (primary N) is 1. The summed E-state index contributed by atoms with van der Waals surface area (Å²) in [6, 6.07) is 5.08. The lowest BCUT2D eigenvalue weighted by Gasteiger charge is -2.16. The first-order valence-electron chi connectivity index (χ1n) is 7.02. The van der Waals surface area contributed by atoms with Crippen LogP contribution in [0.5, 0.6) is 0 Å². The lowest BCUT2D eigenvalue weighted by molar-refractivity contribution is -0.0872. The van der Waals surface area contributed by atoms with Gasteiger partial charge in [0.2, 0.25) is 0 Å². The second-order valence-electron chi connectivity index (χ2n) is 4.71. The Hall–Kier alpha value is -2.41. The molecule has 0 saturated carbocycles. The van der Waals surface area contributed by atoms with Crippen LogP contribution in [0.1, 0.15) is 19.5 Å². The minimum atomic E-state index is -4.45. The molecule has 0 radical (unpaired) electrons. The van der Waals surface area contributed by atoms with Gasteiger partial charge in [-0.2, -0.15) is 13.2 Å². The van der Waals surface area contributed by atoms with Gasteiger partial charge in [0.25, 0.3) is 0 Å².